The van der Waals surface area contributed by atoms with Gasteiger partial charge in [0.15, 0.2) is 6.61 Å². The lowest BCUT2D eigenvalue weighted by Crippen LogP contribution is -2.48. The Morgan fingerprint density at radius 3 is 2.09 bits per heavy atom. The smallest absolute Gasteiger partial charge is 0.407 e. The molecule has 256 valence electrons. The molecule has 1 aliphatic rings. The molecular weight excluding hydrogens is 604 g/mol. The van der Waals surface area contributed by atoms with E-state index < -0.39 is 41.4 Å². The molecule has 3 N–H and O–H groups in total. The number of carbonyl (C=O) groups excluding carboxylic acids is 6. The van der Waals surface area contributed by atoms with Crippen LogP contribution in [0.1, 0.15) is 67.2 Å². The molecule has 1 heterocycles. The van der Waals surface area contributed by atoms with E-state index in [1.165, 1.54) is 25.2 Å². The third-order valence-electron chi connectivity index (χ3n) is 6.35. The second-order valence-electron chi connectivity index (χ2n) is 11.1. The van der Waals surface area contributed by atoms with Gasteiger partial charge in [0, 0.05) is 39.8 Å². The van der Waals surface area contributed by atoms with Gasteiger partial charge >= 0.3 is 6.09 Å². The molecule has 1 aromatic rings. The molecule has 0 saturated heterocycles. The van der Waals surface area contributed by atoms with Gasteiger partial charge in [0.1, 0.15) is 23.7 Å². The predicted molar refractivity (Wildman–Crippen MR) is 165 cm³/mol. The van der Waals surface area contributed by atoms with Crippen LogP contribution in [0.3, 0.4) is 0 Å². The van der Waals surface area contributed by atoms with Crippen LogP contribution in [-0.2, 0) is 33.3 Å². The summed E-state index contributed by atoms with van der Waals surface area (Å²) < 4.78 is 27.1. The molecule has 0 saturated carbocycles. The second kappa shape index (κ2) is 20.1. The molecule has 5 amide bonds. The van der Waals surface area contributed by atoms with Crippen molar-refractivity contribution in [1.29, 1.82) is 0 Å². The summed E-state index contributed by atoms with van der Waals surface area (Å²) in [5, 5.41) is 7.78. The maximum absolute atomic E-state index is 13.2. The molecule has 46 heavy (non-hydrogen) atoms. The van der Waals surface area contributed by atoms with E-state index in [1.807, 2.05) is 0 Å². The normalized spacial score (nSPS) is 13.2. The van der Waals surface area contributed by atoms with Crippen LogP contribution in [0.2, 0.25) is 0 Å². The molecule has 1 aliphatic heterocycles. The molecule has 1 aromatic carbocycles. The number of benzene rings is 1. The van der Waals surface area contributed by atoms with Gasteiger partial charge in [0.05, 0.1) is 37.6 Å². The van der Waals surface area contributed by atoms with Crippen LogP contribution in [0.25, 0.3) is 0 Å². The minimum absolute atomic E-state index is 0.0104. The van der Waals surface area contributed by atoms with Crippen molar-refractivity contribution < 1.29 is 52.5 Å². The zero-order valence-electron chi connectivity index (χ0n) is 27.0. The third kappa shape index (κ3) is 13.1. The van der Waals surface area contributed by atoms with Gasteiger partial charge < -0.3 is 44.4 Å². The minimum atomic E-state index is -1.15. The van der Waals surface area contributed by atoms with Gasteiger partial charge in [0.2, 0.25) is 5.91 Å². The number of nitrogens with zero attached hydrogens (tertiary/aromatic N) is 1. The van der Waals surface area contributed by atoms with Crippen LogP contribution in [0, 0.1) is 0 Å². The summed E-state index contributed by atoms with van der Waals surface area (Å²) in [6.07, 6.45) is 1.34. The van der Waals surface area contributed by atoms with Crippen molar-refractivity contribution in [3.63, 3.8) is 0 Å². The summed E-state index contributed by atoms with van der Waals surface area (Å²) in [6, 6.07) is 3.28. The number of ether oxygens (including phenoxy) is 5. The molecule has 0 aliphatic carbocycles. The number of aldehydes is 1. The minimum Gasteiger partial charge on any atom is -0.483 e. The summed E-state index contributed by atoms with van der Waals surface area (Å²) in [5.41, 5.74) is -0.504. The van der Waals surface area contributed by atoms with Gasteiger partial charge in [-0.1, -0.05) is 6.07 Å². The molecular formula is C31H46N4O11. The lowest BCUT2D eigenvalue weighted by atomic mass is 10.1. The van der Waals surface area contributed by atoms with Crippen molar-refractivity contribution in [2.45, 2.75) is 58.1 Å². The van der Waals surface area contributed by atoms with Crippen molar-refractivity contribution in [3.8, 4) is 5.75 Å². The molecule has 0 fully saturated rings. The molecule has 15 nitrogen and oxygen atoms in total. The second-order valence-corrected chi connectivity index (χ2v) is 11.1. The summed E-state index contributed by atoms with van der Waals surface area (Å²) in [5.74, 6) is -2.35. The number of likely N-dealkylation sites (N-methyl/N-ethyl adjacent to an activating group) is 1. The lowest BCUT2D eigenvalue weighted by molar-refractivity contribution is -0.125. The van der Waals surface area contributed by atoms with E-state index in [-0.39, 0.29) is 36.3 Å². The van der Waals surface area contributed by atoms with Gasteiger partial charge in [0.25, 0.3) is 17.7 Å². The van der Waals surface area contributed by atoms with E-state index in [0.717, 1.165) is 4.90 Å². The highest BCUT2D eigenvalue weighted by Crippen LogP contribution is 2.33. The molecule has 0 aromatic heterocycles. The maximum atomic E-state index is 13.2. The van der Waals surface area contributed by atoms with E-state index in [9.17, 15) is 28.8 Å². The zero-order valence-corrected chi connectivity index (χ0v) is 27.0. The quantitative estimate of drug-likeness (QED) is 0.0930. The number of nitrogens with one attached hydrogen (secondary N) is 3. The Labute approximate surface area is 268 Å². The van der Waals surface area contributed by atoms with E-state index in [4.69, 9.17) is 23.7 Å². The van der Waals surface area contributed by atoms with Crippen molar-refractivity contribution in [2.24, 2.45) is 0 Å². The molecule has 0 radical (unpaired) electrons. The molecule has 2 rings (SSSR count). The predicted octanol–water partition coefficient (Wildman–Crippen LogP) is 1.23. The van der Waals surface area contributed by atoms with Crippen LogP contribution in [0.5, 0.6) is 5.75 Å². The first-order valence-corrected chi connectivity index (χ1v) is 15.3. The van der Waals surface area contributed by atoms with Gasteiger partial charge in [-0.2, -0.15) is 0 Å². The number of amides is 5. The van der Waals surface area contributed by atoms with E-state index in [1.54, 1.807) is 20.8 Å². The lowest BCUT2D eigenvalue weighted by Gasteiger charge is -2.24. The van der Waals surface area contributed by atoms with Crippen LogP contribution >= 0.6 is 0 Å². The number of rotatable bonds is 22. The summed E-state index contributed by atoms with van der Waals surface area (Å²) >= 11 is 0. The Balaban J connectivity index is 1.57. The number of carbonyl (C=O) groups is 6. The summed E-state index contributed by atoms with van der Waals surface area (Å²) in [6.45, 7) is 8.32. The highest BCUT2D eigenvalue weighted by atomic mass is 16.6. The van der Waals surface area contributed by atoms with Gasteiger partial charge in [-0.3, -0.25) is 24.1 Å². The monoisotopic (exact) mass is 650 g/mol. The Morgan fingerprint density at radius 1 is 0.891 bits per heavy atom. The average molecular weight is 651 g/mol. The van der Waals surface area contributed by atoms with Crippen LogP contribution in [0.4, 0.5) is 4.79 Å². The Kier molecular flexibility index (Phi) is 16.7. The Bertz CT molecular complexity index is 1190. The van der Waals surface area contributed by atoms with E-state index in [2.05, 4.69) is 16.0 Å². The molecule has 15 heteroatoms. The third-order valence-corrected chi connectivity index (χ3v) is 6.35. The van der Waals surface area contributed by atoms with Crippen molar-refractivity contribution in [2.75, 3.05) is 66.4 Å². The number of hydrogen-bond acceptors (Lipinski definition) is 11. The number of alkyl carbamates (subject to hydrolysis) is 1. The topological polar surface area (TPSA) is 188 Å². The van der Waals surface area contributed by atoms with E-state index in [0.29, 0.717) is 71.9 Å². The summed E-state index contributed by atoms with van der Waals surface area (Å²) in [7, 11) is 1.38. The SMILES string of the molecule is CNC(=O)C(CCC=O)N1C(=O)c2cccc(OCC(=O)NCCCOCCOCCOCCCNC(=O)OC(C)(C)C)c2C1=O. The van der Waals surface area contributed by atoms with Gasteiger partial charge in [-0.25, -0.2) is 4.79 Å². The van der Waals surface area contributed by atoms with Crippen molar-refractivity contribution in [3.05, 3.63) is 29.3 Å². The number of hydrogen-bond donors (Lipinski definition) is 3. The Hall–Kier alpha value is -4.08. The maximum Gasteiger partial charge on any atom is 0.407 e. The van der Waals surface area contributed by atoms with Crippen molar-refractivity contribution in [1.82, 2.24) is 20.9 Å². The van der Waals surface area contributed by atoms with Gasteiger partial charge in [-0.15, -0.1) is 0 Å². The van der Waals surface area contributed by atoms with Gasteiger partial charge in [-0.05, 0) is 52.2 Å². The number of imide groups is 1. The molecule has 1 unspecified atom stereocenters. The number of fused-ring (bicyclic) bond motifs is 1. The Morgan fingerprint density at radius 2 is 1.50 bits per heavy atom. The average Bonchev–Trinajstić information content (AvgIpc) is 3.26. The first-order valence-electron chi connectivity index (χ1n) is 15.3. The largest absolute Gasteiger partial charge is 0.483 e. The van der Waals surface area contributed by atoms with Crippen LogP contribution < -0.4 is 20.7 Å². The highest BCUT2D eigenvalue weighted by Gasteiger charge is 2.44. The van der Waals surface area contributed by atoms with E-state index >= 15 is 0 Å². The first kappa shape index (κ1) is 38.1. The van der Waals surface area contributed by atoms with Crippen LogP contribution in [0.15, 0.2) is 18.2 Å². The van der Waals surface area contributed by atoms with Crippen molar-refractivity contribution >= 4 is 36.0 Å². The fraction of sp³-hybridized carbons (Fsp3) is 0.613. The molecule has 1 atom stereocenters. The first-order chi connectivity index (χ1) is 22.0. The molecule has 0 bridgehead atoms. The molecule has 0 spiro atoms. The summed E-state index contributed by atoms with van der Waals surface area (Å²) in [4.78, 5) is 74.1. The zero-order chi connectivity index (χ0) is 34.0. The standard InChI is InChI=1S/C31H46N4O11/c1-31(2,3)46-30(41)34-13-8-16-43-18-20-44-19-17-42-15-7-12-33-25(37)21-45-24-11-5-9-22-26(24)29(40)35(28(22)39)23(10-6-14-36)27(38)32-4/h5,9,11,14,23H,6-8,10,12-13,15-21H2,1-4H3,(H,32,38)(H,33,37)(H,34,41). The highest BCUT2D eigenvalue weighted by molar-refractivity contribution is 6.24. The fourth-order valence-corrected chi connectivity index (χ4v) is 4.26. The van der Waals surface area contributed by atoms with Crippen LogP contribution in [-0.4, -0.2) is 119 Å². The fourth-order valence-electron chi connectivity index (χ4n) is 4.26.